The molecule has 0 bridgehead atoms. The zero-order chi connectivity index (χ0) is 12.7. The predicted molar refractivity (Wildman–Crippen MR) is 68.9 cm³/mol. The van der Waals surface area contributed by atoms with Crippen LogP contribution in [0, 0.1) is 5.92 Å². The molecule has 1 N–H and O–H groups in total. The van der Waals surface area contributed by atoms with E-state index < -0.39 is 0 Å². The maximum Gasteiger partial charge on any atom is 0.225 e. The zero-order valence-electron chi connectivity index (χ0n) is 11.4. The van der Waals surface area contributed by atoms with Crippen LogP contribution in [0.2, 0.25) is 0 Å². The first-order chi connectivity index (χ1) is 8.19. The van der Waals surface area contributed by atoms with Gasteiger partial charge in [-0.15, -0.1) is 0 Å². The lowest BCUT2D eigenvalue weighted by molar-refractivity contribution is -0.137. The van der Waals surface area contributed by atoms with Crippen molar-refractivity contribution in [3.63, 3.8) is 0 Å². The van der Waals surface area contributed by atoms with Crippen molar-refractivity contribution in [2.24, 2.45) is 5.92 Å². The van der Waals surface area contributed by atoms with E-state index in [0.29, 0.717) is 18.6 Å². The fourth-order valence-electron chi connectivity index (χ4n) is 2.36. The fraction of sp³-hybridized carbons (Fsp3) is 0.923. The van der Waals surface area contributed by atoms with Crippen LogP contribution in [0.4, 0.5) is 0 Å². The van der Waals surface area contributed by atoms with Gasteiger partial charge in [0.05, 0.1) is 6.61 Å². The Morgan fingerprint density at radius 3 is 2.82 bits per heavy atom. The van der Waals surface area contributed by atoms with Crippen LogP contribution in [0.3, 0.4) is 0 Å². The molecular formula is C13H26N2O2. The highest BCUT2D eigenvalue weighted by Crippen LogP contribution is 2.18. The van der Waals surface area contributed by atoms with Crippen molar-refractivity contribution in [3.8, 4) is 0 Å². The van der Waals surface area contributed by atoms with Gasteiger partial charge in [-0.1, -0.05) is 0 Å². The Kier molecular flexibility index (Phi) is 6.52. The van der Waals surface area contributed by atoms with Gasteiger partial charge in [0.25, 0.3) is 0 Å². The molecule has 1 aliphatic heterocycles. The van der Waals surface area contributed by atoms with E-state index in [1.165, 1.54) is 0 Å². The Labute approximate surface area is 105 Å². The summed E-state index contributed by atoms with van der Waals surface area (Å²) in [4.78, 5) is 14.2. The molecule has 1 rings (SSSR count). The number of rotatable bonds is 6. The molecule has 1 fully saturated rings. The molecule has 0 aromatic carbocycles. The van der Waals surface area contributed by atoms with Crippen molar-refractivity contribution in [1.29, 1.82) is 0 Å². The molecule has 1 saturated heterocycles. The van der Waals surface area contributed by atoms with Crippen LogP contribution in [0.25, 0.3) is 0 Å². The van der Waals surface area contributed by atoms with Crippen LogP contribution in [0.5, 0.6) is 0 Å². The van der Waals surface area contributed by atoms with Crippen molar-refractivity contribution >= 4 is 5.91 Å². The first-order valence-electron chi connectivity index (χ1n) is 6.78. The summed E-state index contributed by atoms with van der Waals surface area (Å²) in [5.41, 5.74) is 0. The third-order valence-electron chi connectivity index (χ3n) is 3.38. The van der Waals surface area contributed by atoms with E-state index >= 15 is 0 Å². The minimum Gasteiger partial charge on any atom is -0.380 e. The number of hydrogen-bond acceptors (Lipinski definition) is 3. The lowest BCUT2D eigenvalue weighted by Gasteiger charge is -2.31. The van der Waals surface area contributed by atoms with E-state index in [0.717, 1.165) is 39.1 Å². The number of nitrogens with zero attached hydrogens (tertiary/aromatic N) is 1. The summed E-state index contributed by atoms with van der Waals surface area (Å²) in [6, 6.07) is 0.461. The number of likely N-dealkylation sites (N-methyl/N-ethyl adjacent to an activating group) is 1. The van der Waals surface area contributed by atoms with Crippen LogP contribution in [0.1, 0.15) is 33.6 Å². The number of amides is 1. The minimum atomic E-state index is 0.202. The number of carbonyl (C=O) groups excluding carboxylic acids is 1. The molecule has 4 heteroatoms. The van der Waals surface area contributed by atoms with E-state index in [1.54, 1.807) is 0 Å². The summed E-state index contributed by atoms with van der Waals surface area (Å²) in [7, 11) is 0. The normalized spacial score (nSPS) is 24.6. The number of hydrogen-bond donors (Lipinski definition) is 1. The second-order valence-electron chi connectivity index (χ2n) is 4.69. The lowest BCUT2D eigenvalue weighted by atomic mass is 9.92. The second kappa shape index (κ2) is 7.67. The summed E-state index contributed by atoms with van der Waals surface area (Å²) >= 11 is 0. The Hall–Kier alpha value is -0.610. The van der Waals surface area contributed by atoms with Gasteiger partial charge in [0.1, 0.15) is 0 Å². The van der Waals surface area contributed by atoms with Gasteiger partial charge >= 0.3 is 0 Å². The largest absolute Gasteiger partial charge is 0.380 e. The fourth-order valence-corrected chi connectivity index (χ4v) is 2.36. The van der Waals surface area contributed by atoms with Gasteiger partial charge in [-0.2, -0.15) is 0 Å². The lowest BCUT2D eigenvalue weighted by Crippen LogP contribution is -2.45. The second-order valence-corrected chi connectivity index (χ2v) is 4.69. The first kappa shape index (κ1) is 14.5. The summed E-state index contributed by atoms with van der Waals surface area (Å²) in [5, 5.41) is 3.38. The average molecular weight is 242 g/mol. The molecule has 1 heterocycles. The van der Waals surface area contributed by atoms with Crippen molar-refractivity contribution < 1.29 is 9.53 Å². The highest BCUT2D eigenvalue weighted by atomic mass is 16.5. The van der Waals surface area contributed by atoms with Gasteiger partial charge in [0, 0.05) is 31.7 Å². The quantitative estimate of drug-likeness (QED) is 0.713. The molecule has 1 amide bonds. The first-order valence-corrected chi connectivity index (χ1v) is 6.78. The molecule has 100 valence electrons. The molecular weight excluding hydrogens is 216 g/mol. The van der Waals surface area contributed by atoms with E-state index in [4.69, 9.17) is 4.74 Å². The summed E-state index contributed by atoms with van der Waals surface area (Å²) in [6.45, 7) is 10.00. The smallest absolute Gasteiger partial charge is 0.225 e. The monoisotopic (exact) mass is 242 g/mol. The van der Waals surface area contributed by atoms with Crippen molar-refractivity contribution in [1.82, 2.24) is 10.2 Å². The van der Waals surface area contributed by atoms with Crippen molar-refractivity contribution in [2.75, 3.05) is 32.8 Å². The zero-order valence-corrected chi connectivity index (χ0v) is 11.4. The van der Waals surface area contributed by atoms with Crippen LogP contribution >= 0.6 is 0 Å². The molecule has 0 spiro atoms. The molecule has 0 aromatic heterocycles. The molecule has 2 atom stereocenters. The third-order valence-corrected chi connectivity index (χ3v) is 3.38. The molecule has 4 nitrogen and oxygen atoms in total. The van der Waals surface area contributed by atoms with Crippen LogP contribution < -0.4 is 5.32 Å². The van der Waals surface area contributed by atoms with E-state index in [2.05, 4.69) is 12.2 Å². The molecule has 0 aliphatic carbocycles. The number of ether oxygens (including phenoxy) is 1. The van der Waals surface area contributed by atoms with Crippen molar-refractivity contribution in [3.05, 3.63) is 0 Å². The van der Waals surface area contributed by atoms with Gasteiger partial charge in [-0.25, -0.2) is 0 Å². The third kappa shape index (κ3) is 4.64. The molecule has 1 aliphatic rings. The van der Waals surface area contributed by atoms with Gasteiger partial charge in [-0.05, 0) is 40.2 Å². The SMILES string of the molecule is CCOCCN(CC)C(=O)C1CCNC(C)C1. The number of nitrogens with one attached hydrogen (secondary N) is 1. The van der Waals surface area contributed by atoms with Crippen LogP contribution in [0.15, 0.2) is 0 Å². The van der Waals surface area contributed by atoms with Gasteiger partial charge < -0.3 is 15.0 Å². The minimum absolute atomic E-state index is 0.202. The Balaban J connectivity index is 2.41. The number of piperidine rings is 1. The Bertz CT molecular complexity index is 233. The standard InChI is InChI=1S/C13H26N2O2/c1-4-15(8-9-17-5-2)13(16)12-6-7-14-11(3)10-12/h11-12,14H,4-10H2,1-3H3. The van der Waals surface area contributed by atoms with Gasteiger partial charge in [0.2, 0.25) is 5.91 Å². The van der Waals surface area contributed by atoms with Gasteiger partial charge in [-0.3, -0.25) is 4.79 Å². The van der Waals surface area contributed by atoms with Gasteiger partial charge in [0.15, 0.2) is 0 Å². The highest BCUT2D eigenvalue weighted by Gasteiger charge is 2.27. The predicted octanol–water partition coefficient (Wildman–Crippen LogP) is 1.26. The maximum atomic E-state index is 12.3. The Morgan fingerprint density at radius 1 is 1.47 bits per heavy atom. The van der Waals surface area contributed by atoms with E-state index in [1.807, 2.05) is 18.7 Å². The Morgan fingerprint density at radius 2 is 2.24 bits per heavy atom. The molecule has 0 saturated carbocycles. The average Bonchev–Trinajstić information content (AvgIpc) is 2.34. The summed E-state index contributed by atoms with van der Waals surface area (Å²) in [6.07, 6.45) is 1.93. The van der Waals surface area contributed by atoms with Crippen LogP contribution in [-0.4, -0.2) is 49.7 Å². The summed E-state index contributed by atoms with van der Waals surface area (Å²) < 4.78 is 5.32. The summed E-state index contributed by atoms with van der Waals surface area (Å²) in [5.74, 6) is 0.508. The molecule has 0 aromatic rings. The van der Waals surface area contributed by atoms with E-state index in [-0.39, 0.29) is 5.92 Å². The highest BCUT2D eigenvalue weighted by molar-refractivity contribution is 5.79. The topological polar surface area (TPSA) is 41.6 Å². The van der Waals surface area contributed by atoms with E-state index in [9.17, 15) is 4.79 Å². The molecule has 0 radical (unpaired) electrons. The molecule has 17 heavy (non-hydrogen) atoms. The van der Waals surface area contributed by atoms with Crippen molar-refractivity contribution in [2.45, 2.75) is 39.7 Å². The number of carbonyl (C=O) groups is 1. The van der Waals surface area contributed by atoms with Crippen LogP contribution in [-0.2, 0) is 9.53 Å². The maximum absolute atomic E-state index is 12.3. The molecule has 2 unspecified atom stereocenters.